The molecular formula is C7H13F3N2. The van der Waals surface area contributed by atoms with E-state index in [0.717, 1.165) is 0 Å². The third-order valence-electron chi connectivity index (χ3n) is 2.34. The van der Waals surface area contributed by atoms with E-state index in [1.165, 1.54) is 11.9 Å². The molecule has 0 aromatic rings. The molecule has 0 saturated carbocycles. The number of nitrogens with one attached hydrogen (secondary N) is 1. The summed E-state index contributed by atoms with van der Waals surface area (Å²) < 4.78 is 36.9. The minimum absolute atomic E-state index is 0.00431. The van der Waals surface area contributed by atoms with Gasteiger partial charge in [-0.05, 0) is 14.0 Å². The Kier molecular flexibility index (Phi) is 2.63. The van der Waals surface area contributed by atoms with Crippen LogP contribution in [0.4, 0.5) is 13.2 Å². The molecule has 2 atom stereocenters. The van der Waals surface area contributed by atoms with E-state index in [0.29, 0.717) is 6.54 Å². The molecule has 1 fully saturated rings. The van der Waals surface area contributed by atoms with Crippen molar-refractivity contribution >= 4 is 0 Å². The van der Waals surface area contributed by atoms with Gasteiger partial charge in [-0.1, -0.05) is 0 Å². The Hall–Kier alpha value is -0.290. The van der Waals surface area contributed by atoms with E-state index in [1.807, 2.05) is 0 Å². The van der Waals surface area contributed by atoms with Crippen LogP contribution in [0.25, 0.3) is 0 Å². The predicted molar refractivity (Wildman–Crippen MR) is 39.9 cm³/mol. The normalized spacial score (nSPS) is 33.8. The average molecular weight is 182 g/mol. The van der Waals surface area contributed by atoms with E-state index < -0.39 is 12.2 Å². The third kappa shape index (κ3) is 1.90. The summed E-state index contributed by atoms with van der Waals surface area (Å²) in [6.07, 6.45) is -4.11. The summed E-state index contributed by atoms with van der Waals surface area (Å²) in [5, 5.41) is 2.76. The quantitative estimate of drug-likeness (QED) is 0.597. The molecule has 1 heterocycles. The molecule has 1 saturated heterocycles. The zero-order chi connectivity index (χ0) is 9.35. The van der Waals surface area contributed by atoms with E-state index in [1.54, 1.807) is 6.92 Å². The molecule has 0 aromatic carbocycles. The van der Waals surface area contributed by atoms with Gasteiger partial charge in [0.05, 0.1) is 0 Å². The van der Waals surface area contributed by atoms with Gasteiger partial charge in [-0.2, -0.15) is 13.2 Å². The summed E-state index contributed by atoms with van der Waals surface area (Å²) in [6.45, 7) is 2.42. The van der Waals surface area contributed by atoms with Crippen LogP contribution in [-0.4, -0.2) is 43.3 Å². The molecule has 0 aromatic heterocycles. The number of hydrogen-bond donors (Lipinski definition) is 1. The summed E-state index contributed by atoms with van der Waals surface area (Å²) in [7, 11) is 1.52. The first-order valence-electron chi connectivity index (χ1n) is 3.92. The van der Waals surface area contributed by atoms with Crippen molar-refractivity contribution < 1.29 is 13.2 Å². The van der Waals surface area contributed by atoms with Crippen LogP contribution in [0.3, 0.4) is 0 Å². The molecule has 72 valence electrons. The van der Waals surface area contributed by atoms with Crippen molar-refractivity contribution in [3.8, 4) is 0 Å². The second-order valence-electron chi connectivity index (χ2n) is 3.23. The SMILES string of the molecule is C[C@H]1CNC[C@H](C(F)(F)F)N1C. The van der Waals surface area contributed by atoms with Gasteiger partial charge in [-0.3, -0.25) is 4.90 Å². The van der Waals surface area contributed by atoms with Crippen molar-refractivity contribution in [1.82, 2.24) is 10.2 Å². The lowest BCUT2D eigenvalue weighted by Gasteiger charge is -2.39. The van der Waals surface area contributed by atoms with Gasteiger partial charge in [0.15, 0.2) is 0 Å². The van der Waals surface area contributed by atoms with Gasteiger partial charge in [-0.25, -0.2) is 0 Å². The minimum Gasteiger partial charge on any atom is -0.313 e. The van der Waals surface area contributed by atoms with Crippen molar-refractivity contribution in [3.63, 3.8) is 0 Å². The van der Waals surface area contributed by atoms with E-state index >= 15 is 0 Å². The zero-order valence-electron chi connectivity index (χ0n) is 7.15. The lowest BCUT2D eigenvalue weighted by molar-refractivity contribution is -0.188. The second kappa shape index (κ2) is 3.22. The van der Waals surface area contributed by atoms with Crippen molar-refractivity contribution in [3.05, 3.63) is 0 Å². The van der Waals surface area contributed by atoms with Crippen LogP contribution < -0.4 is 5.32 Å². The molecule has 12 heavy (non-hydrogen) atoms. The van der Waals surface area contributed by atoms with E-state index in [-0.39, 0.29) is 12.6 Å². The molecule has 1 N–H and O–H groups in total. The number of nitrogens with zero attached hydrogens (tertiary/aromatic N) is 1. The van der Waals surface area contributed by atoms with E-state index in [2.05, 4.69) is 5.32 Å². The van der Waals surface area contributed by atoms with Crippen molar-refractivity contribution in [2.75, 3.05) is 20.1 Å². The van der Waals surface area contributed by atoms with Gasteiger partial charge < -0.3 is 5.32 Å². The molecule has 0 spiro atoms. The van der Waals surface area contributed by atoms with Crippen LogP contribution in [0, 0.1) is 0 Å². The number of likely N-dealkylation sites (N-methyl/N-ethyl adjacent to an activating group) is 1. The Balaban J connectivity index is 2.64. The molecule has 0 amide bonds. The fraction of sp³-hybridized carbons (Fsp3) is 1.00. The van der Waals surface area contributed by atoms with Gasteiger partial charge in [0.1, 0.15) is 6.04 Å². The molecule has 0 bridgehead atoms. The number of hydrogen-bond acceptors (Lipinski definition) is 2. The van der Waals surface area contributed by atoms with Crippen LogP contribution in [0.15, 0.2) is 0 Å². The fourth-order valence-electron chi connectivity index (χ4n) is 1.37. The van der Waals surface area contributed by atoms with E-state index in [4.69, 9.17) is 0 Å². The highest BCUT2D eigenvalue weighted by molar-refractivity contribution is 4.87. The Morgan fingerprint density at radius 3 is 2.33 bits per heavy atom. The van der Waals surface area contributed by atoms with E-state index in [9.17, 15) is 13.2 Å². The number of halogens is 3. The Labute approximate surface area is 69.7 Å². The maximum atomic E-state index is 12.3. The molecule has 1 aliphatic rings. The summed E-state index contributed by atoms with van der Waals surface area (Å²) in [6, 6.07) is -1.38. The molecule has 0 unspecified atom stereocenters. The molecule has 1 aliphatic heterocycles. The maximum Gasteiger partial charge on any atom is 0.405 e. The van der Waals surface area contributed by atoms with Crippen LogP contribution >= 0.6 is 0 Å². The number of piperazine rings is 1. The Morgan fingerprint density at radius 1 is 1.33 bits per heavy atom. The highest BCUT2D eigenvalue weighted by atomic mass is 19.4. The predicted octanol–water partition coefficient (Wildman–Crippen LogP) is 0.841. The fourth-order valence-corrected chi connectivity index (χ4v) is 1.37. The van der Waals surface area contributed by atoms with Gasteiger partial charge in [-0.15, -0.1) is 0 Å². The summed E-state index contributed by atoms with van der Waals surface area (Å²) in [4.78, 5) is 1.37. The molecule has 2 nitrogen and oxygen atoms in total. The maximum absolute atomic E-state index is 12.3. The standard InChI is InChI=1S/C7H13F3N2/c1-5-3-11-4-6(12(5)2)7(8,9)10/h5-6,11H,3-4H2,1-2H3/t5-,6+/m0/s1. The van der Waals surface area contributed by atoms with Crippen molar-refractivity contribution in [2.45, 2.75) is 25.2 Å². The van der Waals surface area contributed by atoms with Crippen LogP contribution in [0.2, 0.25) is 0 Å². The first kappa shape index (κ1) is 9.80. The highest BCUT2D eigenvalue weighted by Gasteiger charge is 2.44. The molecule has 0 radical (unpaired) electrons. The summed E-state index contributed by atoms with van der Waals surface area (Å²) in [5.74, 6) is 0. The molecular weight excluding hydrogens is 169 g/mol. The molecule has 0 aliphatic carbocycles. The lowest BCUT2D eigenvalue weighted by Crippen LogP contribution is -2.59. The van der Waals surface area contributed by atoms with Gasteiger partial charge in [0.2, 0.25) is 0 Å². The van der Waals surface area contributed by atoms with Crippen molar-refractivity contribution in [2.24, 2.45) is 0 Å². The lowest BCUT2D eigenvalue weighted by atomic mass is 10.1. The smallest absolute Gasteiger partial charge is 0.313 e. The topological polar surface area (TPSA) is 15.3 Å². The number of alkyl halides is 3. The average Bonchev–Trinajstić information content (AvgIpc) is 1.92. The van der Waals surface area contributed by atoms with Gasteiger partial charge in [0, 0.05) is 19.1 Å². The number of rotatable bonds is 0. The molecule has 1 rings (SSSR count). The Morgan fingerprint density at radius 2 is 1.92 bits per heavy atom. The zero-order valence-corrected chi connectivity index (χ0v) is 7.15. The highest BCUT2D eigenvalue weighted by Crippen LogP contribution is 2.26. The summed E-state index contributed by atoms with van der Waals surface area (Å²) >= 11 is 0. The molecule has 5 heteroatoms. The van der Waals surface area contributed by atoms with Crippen LogP contribution in [-0.2, 0) is 0 Å². The monoisotopic (exact) mass is 182 g/mol. The van der Waals surface area contributed by atoms with Crippen LogP contribution in [0.1, 0.15) is 6.92 Å². The minimum atomic E-state index is -4.11. The van der Waals surface area contributed by atoms with Crippen molar-refractivity contribution in [1.29, 1.82) is 0 Å². The second-order valence-corrected chi connectivity index (χ2v) is 3.23. The van der Waals surface area contributed by atoms with Gasteiger partial charge in [0.25, 0.3) is 0 Å². The first-order valence-corrected chi connectivity index (χ1v) is 3.92. The largest absolute Gasteiger partial charge is 0.405 e. The summed E-state index contributed by atoms with van der Waals surface area (Å²) in [5.41, 5.74) is 0. The first-order chi connectivity index (χ1) is 5.43. The Bertz CT molecular complexity index is 157. The third-order valence-corrected chi connectivity index (χ3v) is 2.34. The van der Waals surface area contributed by atoms with Gasteiger partial charge >= 0.3 is 6.18 Å². The van der Waals surface area contributed by atoms with Crippen LogP contribution in [0.5, 0.6) is 0 Å².